The molecule has 1 atom stereocenters. The molecule has 1 unspecified atom stereocenters. The fraction of sp³-hybridized carbons (Fsp3) is 0.364. The van der Waals surface area contributed by atoms with Gasteiger partial charge in [-0.2, -0.15) is 11.8 Å². The van der Waals surface area contributed by atoms with Gasteiger partial charge in [-0.1, -0.05) is 6.92 Å². The van der Waals surface area contributed by atoms with E-state index in [1.807, 2.05) is 13.2 Å². The van der Waals surface area contributed by atoms with E-state index >= 15 is 0 Å². The molecule has 1 aromatic rings. The molecule has 0 heterocycles. The molecule has 0 fully saturated rings. The van der Waals surface area contributed by atoms with Crippen LogP contribution in [0, 0.1) is 17.5 Å². The van der Waals surface area contributed by atoms with E-state index in [9.17, 15) is 18.0 Å². The Kier molecular flexibility index (Phi) is 4.86. The summed E-state index contributed by atoms with van der Waals surface area (Å²) >= 11 is 1.55. The number of carbonyl (C=O) groups excluding carboxylic acids is 1. The van der Waals surface area contributed by atoms with Crippen LogP contribution in [-0.2, 0) is 0 Å². The lowest BCUT2D eigenvalue weighted by molar-refractivity contribution is 0.0953. The molecule has 0 aliphatic rings. The first-order valence-electron chi connectivity index (χ1n) is 4.91. The van der Waals surface area contributed by atoms with Crippen molar-refractivity contribution in [1.29, 1.82) is 0 Å². The highest BCUT2D eigenvalue weighted by Crippen LogP contribution is 2.13. The molecule has 0 aliphatic carbocycles. The Morgan fingerprint density at radius 1 is 1.35 bits per heavy atom. The standard InChI is InChI=1S/C11H12F3NOS/c1-6(17-2)5-15-11(16)7-3-8(12)10(14)9(13)4-7/h3-4,6H,5H2,1-2H3,(H,15,16). The highest BCUT2D eigenvalue weighted by Gasteiger charge is 2.15. The molecule has 0 saturated carbocycles. The van der Waals surface area contributed by atoms with Crippen molar-refractivity contribution in [2.45, 2.75) is 12.2 Å². The van der Waals surface area contributed by atoms with Gasteiger partial charge >= 0.3 is 0 Å². The predicted molar refractivity (Wildman–Crippen MR) is 61.6 cm³/mol. The molecule has 1 amide bonds. The second-order valence-corrected chi connectivity index (χ2v) is 4.79. The van der Waals surface area contributed by atoms with Gasteiger partial charge in [0.15, 0.2) is 17.5 Å². The van der Waals surface area contributed by atoms with Crippen molar-refractivity contribution in [2.24, 2.45) is 0 Å². The molecule has 2 nitrogen and oxygen atoms in total. The van der Waals surface area contributed by atoms with Gasteiger partial charge in [-0.25, -0.2) is 13.2 Å². The summed E-state index contributed by atoms with van der Waals surface area (Å²) in [6, 6.07) is 1.36. The summed E-state index contributed by atoms with van der Waals surface area (Å²) in [6.07, 6.45) is 1.88. The fourth-order valence-corrected chi connectivity index (χ4v) is 1.36. The molecule has 6 heteroatoms. The number of carbonyl (C=O) groups is 1. The van der Waals surface area contributed by atoms with Gasteiger partial charge in [-0.15, -0.1) is 0 Å². The van der Waals surface area contributed by atoms with Gasteiger partial charge in [0.05, 0.1) is 0 Å². The normalized spacial score (nSPS) is 12.3. The first kappa shape index (κ1) is 13.9. The summed E-state index contributed by atoms with van der Waals surface area (Å²) in [5.41, 5.74) is -0.227. The molecule has 1 N–H and O–H groups in total. The molecule has 0 aromatic heterocycles. The van der Waals surface area contributed by atoms with E-state index in [0.717, 1.165) is 0 Å². The van der Waals surface area contributed by atoms with E-state index in [0.29, 0.717) is 18.7 Å². The van der Waals surface area contributed by atoms with Crippen LogP contribution in [0.2, 0.25) is 0 Å². The average Bonchev–Trinajstić information content (AvgIpc) is 2.31. The number of thioether (sulfide) groups is 1. The zero-order valence-corrected chi connectivity index (χ0v) is 10.2. The van der Waals surface area contributed by atoms with Gasteiger partial charge in [0.25, 0.3) is 5.91 Å². The predicted octanol–water partition coefficient (Wildman–Crippen LogP) is 2.59. The van der Waals surface area contributed by atoms with Crippen LogP contribution in [-0.4, -0.2) is 24.0 Å². The van der Waals surface area contributed by atoms with Crippen molar-refractivity contribution in [1.82, 2.24) is 5.32 Å². The number of rotatable bonds is 4. The van der Waals surface area contributed by atoms with Crippen LogP contribution < -0.4 is 5.32 Å². The minimum absolute atomic E-state index is 0.189. The summed E-state index contributed by atoms with van der Waals surface area (Å²) in [4.78, 5) is 11.5. The Hall–Kier alpha value is -1.17. The van der Waals surface area contributed by atoms with Gasteiger partial charge < -0.3 is 5.32 Å². The molecule has 0 radical (unpaired) electrons. The highest BCUT2D eigenvalue weighted by atomic mass is 32.2. The molecule has 0 aliphatic heterocycles. The molecule has 17 heavy (non-hydrogen) atoms. The van der Waals surface area contributed by atoms with E-state index in [1.165, 1.54) is 0 Å². The third-order valence-electron chi connectivity index (χ3n) is 2.20. The monoisotopic (exact) mass is 263 g/mol. The van der Waals surface area contributed by atoms with Crippen LogP contribution in [0.3, 0.4) is 0 Å². The Bertz CT molecular complexity index is 402. The van der Waals surface area contributed by atoms with Crippen molar-refractivity contribution in [2.75, 3.05) is 12.8 Å². The average molecular weight is 263 g/mol. The molecule has 0 spiro atoms. The number of hydrogen-bond acceptors (Lipinski definition) is 2. The zero-order chi connectivity index (χ0) is 13.0. The van der Waals surface area contributed by atoms with Crippen LogP contribution in [0.1, 0.15) is 17.3 Å². The third-order valence-corrected chi connectivity index (χ3v) is 3.17. The van der Waals surface area contributed by atoms with Crippen LogP contribution in [0.25, 0.3) is 0 Å². The molecule has 0 bridgehead atoms. The third kappa shape index (κ3) is 3.66. The maximum absolute atomic E-state index is 12.9. The first-order valence-corrected chi connectivity index (χ1v) is 6.20. The fourth-order valence-electron chi connectivity index (χ4n) is 1.11. The van der Waals surface area contributed by atoms with Crippen LogP contribution in [0.5, 0.6) is 0 Å². The lowest BCUT2D eigenvalue weighted by Gasteiger charge is -2.10. The van der Waals surface area contributed by atoms with Crippen LogP contribution in [0.4, 0.5) is 13.2 Å². The van der Waals surface area contributed by atoms with Crippen LogP contribution in [0.15, 0.2) is 12.1 Å². The SMILES string of the molecule is CSC(C)CNC(=O)c1cc(F)c(F)c(F)c1. The minimum Gasteiger partial charge on any atom is -0.351 e. The quantitative estimate of drug-likeness (QED) is 0.846. The molecule has 1 rings (SSSR count). The smallest absolute Gasteiger partial charge is 0.251 e. The Morgan fingerprint density at radius 3 is 2.35 bits per heavy atom. The summed E-state index contributed by atoms with van der Waals surface area (Å²) < 4.78 is 38.4. The van der Waals surface area contributed by atoms with Gasteiger partial charge in [0.2, 0.25) is 0 Å². The number of amides is 1. The topological polar surface area (TPSA) is 29.1 Å². The largest absolute Gasteiger partial charge is 0.351 e. The van der Waals surface area contributed by atoms with E-state index in [-0.39, 0.29) is 10.8 Å². The van der Waals surface area contributed by atoms with E-state index in [2.05, 4.69) is 5.32 Å². The van der Waals surface area contributed by atoms with Crippen molar-refractivity contribution < 1.29 is 18.0 Å². The molecule has 1 aromatic carbocycles. The lowest BCUT2D eigenvalue weighted by atomic mass is 10.2. The van der Waals surface area contributed by atoms with E-state index in [1.54, 1.807) is 11.8 Å². The first-order chi connectivity index (χ1) is 7.95. The Morgan fingerprint density at radius 2 is 1.88 bits per heavy atom. The molecular weight excluding hydrogens is 251 g/mol. The second kappa shape index (κ2) is 5.95. The summed E-state index contributed by atoms with van der Waals surface area (Å²) in [6.45, 7) is 2.28. The van der Waals surface area contributed by atoms with Crippen molar-refractivity contribution in [3.05, 3.63) is 35.1 Å². The van der Waals surface area contributed by atoms with Gasteiger partial charge in [-0.3, -0.25) is 4.79 Å². The molecule has 0 saturated heterocycles. The second-order valence-electron chi connectivity index (χ2n) is 3.51. The molecule has 94 valence electrons. The number of nitrogens with one attached hydrogen (secondary N) is 1. The maximum Gasteiger partial charge on any atom is 0.251 e. The van der Waals surface area contributed by atoms with Gasteiger partial charge in [-0.05, 0) is 18.4 Å². The highest BCUT2D eigenvalue weighted by molar-refractivity contribution is 7.99. The van der Waals surface area contributed by atoms with Crippen LogP contribution >= 0.6 is 11.8 Å². The van der Waals surface area contributed by atoms with E-state index < -0.39 is 23.4 Å². The summed E-state index contributed by atoms with van der Waals surface area (Å²) in [7, 11) is 0. The Balaban J connectivity index is 2.76. The minimum atomic E-state index is -1.57. The number of hydrogen-bond donors (Lipinski definition) is 1. The van der Waals surface area contributed by atoms with Crippen molar-refractivity contribution in [3.63, 3.8) is 0 Å². The number of halogens is 3. The Labute approximate surface area is 102 Å². The summed E-state index contributed by atoms with van der Waals surface area (Å²) in [5, 5.41) is 2.70. The molecular formula is C11H12F3NOS. The van der Waals surface area contributed by atoms with Gasteiger partial charge in [0.1, 0.15) is 0 Å². The maximum atomic E-state index is 12.9. The number of benzene rings is 1. The van der Waals surface area contributed by atoms with E-state index in [4.69, 9.17) is 0 Å². The van der Waals surface area contributed by atoms with Crippen molar-refractivity contribution in [3.8, 4) is 0 Å². The van der Waals surface area contributed by atoms with Gasteiger partial charge in [0, 0.05) is 17.4 Å². The summed E-state index contributed by atoms with van der Waals surface area (Å²) in [5.74, 6) is -4.93. The lowest BCUT2D eigenvalue weighted by Crippen LogP contribution is -2.29. The zero-order valence-electron chi connectivity index (χ0n) is 9.39. The van der Waals surface area contributed by atoms with Crippen molar-refractivity contribution >= 4 is 17.7 Å².